The molecule has 0 unspecified atom stereocenters. The van der Waals surface area contributed by atoms with Crippen LogP contribution >= 0.6 is 0 Å². The number of carbonyl (C=O) groups is 1. The van der Waals surface area contributed by atoms with Gasteiger partial charge in [0, 0.05) is 26.2 Å². The Labute approximate surface area is 98.2 Å². The number of halogens is 1. The minimum Gasteiger partial charge on any atom is -0.337 e. The highest BCUT2D eigenvalue weighted by Gasteiger charge is 2.32. The fraction of sp³-hybridized carbons (Fsp3) is 0.636. The molecule has 0 atom stereocenters. The average Bonchev–Trinajstić information content (AvgIpc) is 2.58. The highest BCUT2D eigenvalue weighted by molar-refractivity contribution is 5.92. The Morgan fingerprint density at radius 1 is 1.47 bits per heavy atom. The second-order valence-corrected chi connectivity index (χ2v) is 4.77. The van der Waals surface area contributed by atoms with Crippen molar-refractivity contribution in [3.8, 4) is 0 Å². The molecule has 0 saturated carbocycles. The van der Waals surface area contributed by atoms with Gasteiger partial charge in [-0.15, -0.1) is 0 Å². The van der Waals surface area contributed by atoms with Crippen LogP contribution in [0.3, 0.4) is 0 Å². The summed E-state index contributed by atoms with van der Waals surface area (Å²) in [7, 11) is 1.55. The Kier molecular flexibility index (Phi) is 2.81. The number of aromatic amines is 1. The van der Waals surface area contributed by atoms with E-state index in [0.717, 1.165) is 0 Å². The van der Waals surface area contributed by atoms with Crippen molar-refractivity contribution < 1.29 is 9.18 Å². The van der Waals surface area contributed by atoms with E-state index >= 15 is 0 Å². The van der Waals surface area contributed by atoms with Crippen molar-refractivity contribution in [2.75, 3.05) is 13.1 Å². The smallest absolute Gasteiger partial charge is 0.271 e. The molecule has 1 aromatic heterocycles. The van der Waals surface area contributed by atoms with Gasteiger partial charge in [0.1, 0.15) is 11.4 Å². The van der Waals surface area contributed by atoms with Gasteiger partial charge in [0.2, 0.25) is 0 Å². The molecule has 1 saturated heterocycles. The number of piperidine rings is 1. The zero-order chi connectivity index (χ0) is 12.6. The molecule has 1 aromatic rings. The van der Waals surface area contributed by atoms with Gasteiger partial charge in [-0.3, -0.25) is 19.4 Å². The lowest BCUT2D eigenvalue weighted by Crippen LogP contribution is -2.43. The van der Waals surface area contributed by atoms with Crippen molar-refractivity contribution >= 4 is 5.91 Å². The molecule has 1 aliphatic rings. The third-order valence-corrected chi connectivity index (χ3v) is 3.21. The van der Waals surface area contributed by atoms with E-state index in [1.54, 1.807) is 18.9 Å². The molecule has 0 aliphatic carbocycles. The van der Waals surface area contributed by atoms with Gasteiger partial charge >= 0.3 is 0 Å². The van der Waals surface area contributed by atoms with Crippen LogP contribution in [0.1, 0.15) is 30.3 Å². The molecule has 0 radical (unpaired) electrons. The fourth-order valence-electron chi connectivity index (χ4n) is 1.94. The van der Waals surface area contributed by atoms with Gasteiger partial charge in [-0.1, -0.05) is 0 Å². The van der Waals surface area contributed by atoms with Crippen LogP contribution in [-0.4, -0.2) is 39.3 Å². The predicted molar refractivity (Wildman–Crippen MR) is 60.7 cm³/mol. The first-order valence-electron chi connectivity index (χ1n) is 5.63. The molecule has 94 valence electrons. The molecule has 5 nitrogen and oxygen atoms in total. The zero-order valence-corrected chi connectivity index (χ0v) is 9.99. The van der Waals surface area contributed by atoms with Gasteiger partial charge in [0.15, 0.2) is 0 Å². The molecule has 1 aliphatic heterocycles. The number of alkyl halides is 1. The van der Waals surface area contributed by atoms with Crippen LogP contribution in [0, 0.1) is 0 Å². The first-order chi connectivity index (χ1) is 7.89. The Morgan fingerprint density at radius 2 is 2.06 bits per heavy atom. The number of carbonyl (C=O) groups excluding carboxylic acids is 1. The van der Waals surface area contributed by atoms with Gasteiger partial charge in [0.25, 0.3) is 11.5 Å². The first kappa shape index (κ1) is 11.9. The van der Waals surface area contributed by atoms with Crippen LogP contribution in [-0.2, 0) is 7.05 Å². The molecule has 0 bridgehead atoms. The van der Waals surface area contributed by atoms with Gasteiger partial charge in [0.05, 0.1) is 0 Å². The number of hydrogen-bond acceptors (Lipinski definition) is 2. The number of aryl methyl sites for hydroxylation is 1. The molecule has 0 spiro atoms. The number of rotatable bonds is 1. The largest absolute Gasteiger partial charge is 0.337 e. The minimum atomic E-state index is -1.18. The van der Waals surface area contributed by atoms with Crippen molar-refractivity contribution in [3.63, 3.8) is 0 Å². The minimum absolute atomic E-state index is 0.238. The molecule has 2 heterocycles. The lowest BCUT2D eigenvalue weighted by molar-refractivity contribution is 0.0498. The Bertz CT molecular complexity index is 479. The van der Waals surface area contributed by atoms with E-state index in [0.29, 0.717) is 25.9 Å². The van der Waals surface area contributed by atoms with Gasteiger partial charge in [-0.2, -0.15) is 0 Å². The number of amides is 1. The summed E-state index contributed by atoms with van der Waals surface area (Å²) in [4.78, 5) is 24.8. The van der Waals surface area contributed by atoms with Gasteiger partial charge in [-0.25, -0.2) is 4.39 Å². The molecule has 1 amide bonds. The second-order valence-electron chi connectivity index (χ2n) is 4.77. The van der Waals surface area contributed by atoms with Crippen molar-refractivity contribution in [2.24, 2.45) is 7.05 Å². The summed E-state index contributed by atoms with van der Waals surface area (Å²) in [5.74, 6) is -0.238. The zero-order valence-electron chi connectivity index (χ0n) is 9.99. The number of nitrogens with zero attached hydrogens (tertiary/aromatic N) is 2. The van der Waals surface area contributed by atoms with Crippen LogP contribution in [0.2, 0.25) is 0 Å². The number of nitrogens with one attached hydrogen (secondary N) is 1. The summed E-state index contributed by atoms with van der Waals surface area (Å²) in [6, 6.07) is 1.27. The molecule has 2 rings (SSSR count). The maximum absolute atomic E-state index is 13.6. The summed E-state index contributed by atoms with van der Waals surface area (Å²) in [6.45, 7) is 2.34. The summed E-state index contributed by atoms with van der Waals surface area (Å²) in [5, 5.41) is 2.68. The summed E-state index contributed by atoms with van der Waals surface area (Å²) >= 11 is 0. The third kappa shape index (κ3) is 2.40. The first-order valence-corrected chi connectivity index (χ1v) is 5.63. The number of H-pyrrole nitrogens is 1. The van der Waals surface area contributed by atoms with Gasteiger partial charge in [-0.05, 0) is 19.8 Å². The van der Waals surface area contributed by atoms with Crippen molar-refractivity contribution in [3.05, 3.63) is 22.1 Å². The molecule has 1 N–H and O–H groups in total. The molecule has 6 heteroatoms. The van der Waals surface area contributed by atoms with Crippen LogP contribution < -0.4 is 5.56 Å². The van der Waals surface area contributed by atoms with Gasteiger partial charge < -0.3 is 4.90 Å². The number of hydrogen-bond donors (Lipinski definition) is 1. The normalized spacial score (nSPS) is 19.4. The quantitative estimate of drug-likeness (QED) is 0.786. The van der Waals surface area contributed by atoms with E-state index in [4.69, 9.17) is 0 Å². The van der Waals surface area contributed by atoms with E-state index in [9.17, 15) is 14.0 Å². The predicted octanol–water partition coefficient (Wildman–Crippen LogP) is 0.678. The van der Waals surface area contributed by atoms with Crippen LogP contribution in [0.4, 0.5) is 4.39 Å². The average molecular weight is 241 g/mol. The standard InChI is InChI=1S/C11H16FN3O2/c1-11(12)3-5-15(6-4-11)10(17)8-7-9(16)14(2)13-8/h7,13H,3-6H2,1-2H3. The number of aromatic nitrogens is 2. The Hall–Kier alpha value is -1.59. The summed E-state index contributed by atoms with van der Waals surface area (Å²) in [5.41, 5.74) is -1.17. The maximum Gasteiger partial charge on any atom is 0.271 e. The molecular formula is C11H16FN3O2. The highest BCUT2D eigenvalue weighted by Crippen LogP contribution is 2.25. The summed E-state index contributed by atoms with van der Waals surface area (Å²) < 4.78 is 14.8. The van der Waals surface area contributed by atoms with Crippen LogP contribution in [0.5, 0.6) is 0 Å². The topological polar surface area (TPSA) is 58.1 Å². The van der Waals surface area contributed by atoms with E-state index in [1.165, 1.54) is 10.7 Å². The van der Waals surface area contributed by atoms with Crippen LogP contribution in [0.15, 0.2) is 10.9 Å². The summed E-state index contributed by atoms with van der Waals surface area (Å²) in [6.07, 6.45) is 0.686. The molecule has 0 aromatic carbocycles. The fourth-order valence-corrected chi connectivity index (χ4v) is 1.94. The lowest BCUT2D eigenvalue weighted by atomic mass is 9.95. The molecule has 1 fully saturated rings. The monoisotopic (exact) mass is 241 g/mol. The van der Waals surface area contributed by atoms with Crippen LogP contribution in [0.25, 0.3) is 0 Å². The highest BCUT2D eigenvalue weighted by atomic mass is 19.1. The lowest BCUT2D eigenvalue weighted by Gasteiger charge is -2.33. The van der Waals surface area contributed by atoms with E-state index < -0.39 is 5.67 Å². The van der Waals surface area contributed by atoms with E-state index in [1.807, 2.05) is 0 Å². The van der Waals surface area contributed by atoms with E-state index in [2.05, 4.69) is 5.10 Å². The number of likely N-dealkylation sites (tertiary alicyclic amines) is 1. The Balaban J connectivity index is 2.09. The SMILES string of the molecule is Cn1[nH]c(C(=O)N2CCC(C)(F)CC2)cc1=O. The molecule has 17 heavy (non-hydrogen) atoms. The van der Waals surface area contributed by atoms with Crippen molar-refractivity contribution in [1.82, 2.24) is 14.7 Å². The Morgan fingerprint density at radius 3 is 2.53 bits per heavy atom. The second kappa shape index (κ2) is 4.01. The molecular weight excluding hydrogens is 225 g/mol. The third-order valence-electron chi connectivity index (χ3n) is 3.21. The van der Waals surface area contributed by atoms with E-state index in [-0.39, 0.29) is 17.2 Å². The van der Waals surface area contributed by atoms with Crippen molar-refractivity contribution in [2.45, 2.75) is 25.4 Å². The van der Waals surface area contributed by atoms with Crippen molar-refractivity contribution in [1.29, 1.82) is 0 Å². The maximum atomic E-state index is 13.6.